The number of aryl methyl sites for hydroxylation is 1. The van der Waals surface area contributed by atoms with Crippen molar-refractivity contribution in [3.8, 4) is 0 Å². The van der Waals surface area contributed by atoms with Gasteiger partial charge in [-0.1, -0.05) is 12.1 Å². The highest BCUT2D eigenvalue weighted by Crippen LogP contribution is 2.13. The zero-order valence-corrected chi connectivity index (χ0v) is 13.1. The second-order valence-corrected chi connectivity index (χ2v) is 5.50. The van der Waals surface area contributed by atoms with Gasteiger partial charge in [-0.15, -0.1) is 0 Å². The summed E-state index contributed by atoms with van der Waals surface area (Å²) >= 11 is 0. The molecule has 0 bridgehead atoms. The van der Waals surface area contributed by atoms with Gasteiger partial charge in [0.15, 0.2) is 5.96 Å². The SMILES string of the molecule is CN(C)c1ccc(CCCN=C(N)N2CCOCC2)cc1. The summed E-state index contributed by atoms with van der Waals surface area (Å²) in [6.07, 6.45) is 2.06. The molecule has 116 valence electrons. The van der Waals surface area contributed by atoms with Crippen LogP contribution in [0.15, 0.2) is 29.3 Å². The third-order valence-corrected chi connectivity index (χ3v) is 3.69. The van der Waals surface area contributed by atoms with Crippen LogP contribution in [-0.2, 0) is 11.2 Å². The first kappa shape index (κ1) is 15.6. The molecule has 0 radical (unpaired) electrons. The van der Waals surface area contributed by atoms with E-state index in [-0.39, 0.29) is 0 Å². The molecule has 0 aliphatic carbocycles. The Morgan fingerprint density at radius 1 is 1.24 bits per heavy atom. The van der Waals surface area contributed by atoms with E-state index in [0.717, 1.165) is 45.7 Å². The number of benzene rings is 1. The van der Waals surface area contributed by atoms with Gasteiger partial charge in [-0.3, -0.25) is 4.99 Å². The standard InChI is InChI=1S/C16H26N4O/c1-19(2)15-7-5-14(6-8-15)4-3-9-18-16(17)20-10-12-21-13-11-20/h5-8H,3-4,9-13H2,1-2H3,(H2,17,18). The minimum atomic E-state index is 0.654. The van der Waals surface area contributed by atoms with E-state index in [1.165, 1.54) is 11.3 Å². The van der Waals surface area contributed by atoms with Crippen LogP contribution in [-0.4, -0.2) is 57.8 Å². The molecule has 1 aromatic rings. The molecule has 0 unspecified atom stereocenters. The number of ether oxygens (including phenoxy) is 1. The molecule has 0 spiro atoms. The Bertz CT molecular complexity index is 450. The van der Waals surface area contributed by atoms with Crippen LogP contribution in [0.1, 0.15) is 12.0 Å². The van der Waals surface area contributed by atoms with Crippen LogP contribution in [0.3, 0.4) is 0 Å². The van der Waals surface area contributed by atoms with E-state index in [0.29, 0.717) is 5.96 Å². The van der Waals surface area contributed by atoms with Gasteiger partial charge in [0.05, 0.1) is 13.2 Å². The summed E-state index contributed by atoms with van der Waals surface area (Å²) in [7, 11) is 4.11. The predicted molar refractivity (Wildman–Crippen MR) is 88.0 cm³/mol. The third kappa shape index (κ3) is 4.93. The predicted octanol–water partition coefficient (Wildman–Crippen LogP) is 1.33. The molecule has 0 atom stereocenters. The van der Waals surface area contributed by atoms with Crippen molar-refractivity contribution < 1.29 is 4.74 Å². The fraction of sp³-hybridized carbons (Fsp3) is 0.562. The number of guanidine groups is 1. The molecular formula is C16H26N4O. The Hall–Kier alpha value is -1.75. The minimum Gasteiger partial charge on any atom is -0.378 e. The maximum atomic E-state index is 6.00. The normalized spacial score (nSPS) is 16.1. The molecule has 0 amide bonds. The third-order valence-electron chi connectivity index (χ3n) is 3.69. The van der Waals surface area contributed by atoms with Crippen LogP contribution >= 0.6 is 0 Å². The number of morpholine rings is 1. The summed E-state index contributed by atoms with van der Waals surface area (Å²) in [6, 6.07) is 8.68. The maximum Gasteiger partial charge on any atom is 0.191 e. The van der Waals surface area contributed by atoms with Gasteiger partial charge in [-0.2, -0.15) is 0 Å². The molecule has 1 saturated heterocycles. The Morgan fingerprint density at radius 3 is 2.52 bits per heavy atom. The fourth-order valence-electron chi connectivity index (χ4n) is 2.33. The smallest absolute Gasteiger partial charge is 0.191 e. The molecule has 2 N–H and O–H groups in total. The fourth-order valence-corrected chi connectivity index (χ4v) is 2.33. The van der Waals surface area contributed by atoms with Crippen molar-refractivity contribution in [2.75, 3.05) is 51.8 Å². The molecule has 21 heavy (non-hydrogen) atoms. The molecule has 0 aromatic heterocycles. The van der Waals surface area contributed by atoms with Crippen molar-refractivity contribution in [2.24, 2.45) is 10.7 Å². The van der Waals surface area contributed by atoms with E-state index in [9.17, 15) is 0 Å². The maximum absolute atomic E-state index is 6.00. The first-order valence-corrected chi connectivity index (χ1v) is 7.55. The van der Waals surface area contributed by atoms with Crippen LogP contribution < -0.4 is 10.6 Å². The average Bonchev–Trinajstić information content (AvgIpc) is 2.52. The van der Waals surface area contributed by atoms with E-state index in [4.69, 9.17) is 10.5 Å². The average molecular weight is 290 g/mol. The van der Waals surface area contributed by atoms with Gasteiger partial charge in [0, 0.05) is 39.4 Å². The topological polar surface area (TPSA) is 54.1 Å². The Morgan fingerprint density at radius 2 is 1.90 bits per heavy atom. The number of nitrogens with zero attached hydrogens (tertiary/aromatic N) is 3. The monoisotopic (exact) mass is 290 g/mol. The summed E-state index contributed by atoms with van der Waals surface area (Å²) in [5.41, 5.74) is 8.57. The van der Waals surface area contributed by atoms with Gasteiger partial charge in [-0.05, 0) is 30.5 Å². The van der Waals surface area contributed by atoms with Crippen LogP contribution in [0.2, 0.25) is 0 Å². The molecular weight excluding hydrogens is 264 g/mol. The van der Waals surface area contributed by atoms with Crippen LogP contribution in [0, 0.1) is 0 Å². The second-order valence-electron chi connectivity index (χ2n) is 5.50. The van der Waals surface area contributed by atoms with Crippen molar-refractivity contribution in [1.82, 2.24) is 4.90 Å². The van der Waals surface area contributed by atoms with Crippen LogP contribution in [0.5, 0.6) is 0 Å². The first-order chi connectivity index (χ1) is 10.2. The molecule has 5 heteroatoms. The molecule has 1 fully saturated rings. The molecule has 1 aliphatic rings. The molecule has 1 heterocycles. The molecule has 5 nitrogen and oxygen atoms in total. The van der Waals surface area contributed by atoms with Crippen molar-refractivity contribution in [3.63, 3.8) is 0 Å². The highest BCUT2D eigenvalue weighted by molar-refractivity contribution is 5.78. The van der Waals surface area contributed by atoms with Gasteiger partial charge in [0.25, 0.3) is 0 Å². The van der Waals surface area contributed by atoms with Gasteiger partial charge in [0.2, 0.25) is 0 Å². The van der Waals surface area contributed by atoms with Gasteiger partial charge < -0.3 is 20.3 Å². The zero-order valence-electron chi connectivity index (χ0n) is 13.1. The lowest BCUT2D eigenvalue weighted by molar-refractivity contribution is 0.0674. The number of anilines is 1. The number of hydrogen-bond acceptors (Lipinski definition) is 3. The minimum absolute atomic E-state index is 0.654. The quantitative estimate of drug-likeness (QED) is 0.505. The lowest BCUT2D eigenvalue weighted by Crippen LogP contribution is -2.44. The van der Waals surface area contributed by atoms with Crippen LogP contribution in [0.4, 0.5) is 5.69 Å². The molecule has 2 rings (SSSR count). The van der Waals surface area contributed by atoms with E-state index in [1.807, 2.05) is 0 Å². The molecule has 1 aromatic carbocycles. The highest BCUT2D eigenvalue weighted by atomic mass is 16.5. The summed E-state index contributed by atoms with van der Waals surface area (Å²) in [6.45, 7) is 3.96. The van der Waals surface area contributed by atoms with Crippen molar-refractivity contribution in [3.05, 3.63) is 29.8 Å². The second kappa shape index (κ2) is 7.88. The summed E-state index contributed by atoms with van der Waals surface area (Å²) in [4.78, 5) is 8.67. The van der Waals surface area contributed by atoms with Crippen molar-refractivity contribution in [1.29, 1.82) is 0 Å². The number of aliphatic imine (C=N–C) groups is 1. The van der Waals surface area contributed by atoms with Gasteiger partial charge >= 0.3 is 0 Å². The highest BCUT2D eigenvalue weighted by Gasteiger charge is 2.11. The van der Waals surface area contributed by atoms with E-state index < -0.39 is 0 Å². The van der Waals surface area contributed by atoms with E-state index in [2.05, 4.69) is 53.2 Å². The summed E-state index contributed by atoms with van der Waals surface area (Å²) < 4.78 is 5.30. The number of nitrogens with two attached hydrogens (primary N) is 1. The number of hydrogen-bond donors (Lipinski definition) is 1. The zero-order chi connectivity index (χ0) is 15.1. The van der Waals surface area contributed by atoms with E-state index in [1.54, 1.807) is 0 Å². The Balaban J connectivity index is 1.73. The largest absolute Gasteiger partial charge is 0.378 e. The Kier molecular flexibility index (Phi) is 5.87. The van der Waals surface area contributed by atoms with Crippen molar-refractivity contribution >= 4 is 11.6 Å². The first-order valence-electron chi connectivity index (χ1n) is 7.55. The molecule has 1 aliphatic heterocycles. The Labute approximate surface area is 127 Å². The van der Waals surface area contributed by atoms with Crippen LogP contribution in [0.25, 0.3) is 0 Å². The summed E-state index contributed by atoms with van der Waals surface area (Å²) in [5.74, 6) is 0.654. The van der Waals surface area contributed by atoms with Crippen molar-refractivity contribution in [2.45, 2.75) is 12.8 Å². The van der Waals surface area contributed by atoms with Gasteiger partial charge in [-0.25, -0.2) is 0 Å². The van der Waals surface area contributed by atoms with Gasteiger partial charge in [0.1, 0.15) is 0 Å². The van der Waals surface area contributed by atoms with E-state index >= 15 is 0 Å². The lowest BCUT2D eigenvalue weighted by atomic mass is 10.1. The number of rotatable bonds is 5. The summed E-state index contributed by atoms with van der Waals surface area (Å²) in [5, 5.41) is 0. The molecule has 0 saturated carbocycles. The lowest BCUT2D eigenvalue weighted by Gasteiger charge is -2.27.